The molecule has 0 aromatic heterocycles. The molecule has 0 amide bonds. The molecule has 120 valence electrons. The highest BCUT2D eigenvalue weighted by Crippen LogP contribution is 2.18. The molecule has 0 spiro atoms. The molecule has 2 nitrogen and oxygen atoms in total. The van der Waals surface area contributed by atoms with Crippen molar-refractivity contribution in [2.75, 3.05) is 19.0 Å². The first-order valence-corrected chi connectivity index (χ1v) is 8.96. The fraction of sp³-hybridized carbons (Fsp3) is 0.667. The van der Waals surface area contributed by atoms with Gasteiger partial charge in [-0.3, -0.25) is 0 Å². The van der Waals surface area contributed by atoms with Gasteiger partial charge >= 0.3 is 0 Å². The molecule has 0 saturated carbocycles. The number of unbranched alkanes of at least 4 members (excludes halogenated alkanes) is 6. The number of ether oxygens (including phenoxy) is 2. The molecule has 1 aromatic carbocycles. The lowest BCUT2D eigenvalue weighted by molar-refractivity contribution is 0.300. The van der Waals surface area contributed by atoms with Crippen LogP contribution in [0.1, 0.15) is 58.3 Å². The molecule has 21 heavy (non-hydrogen) atoms. The molecule has 0 radical (unpaired) electrons. The third-order valence-corrected chi connectivity index (χ3v) is 3.68. The van der Waals surface area contributed by atoms with Crippen LogP contribution in [0.3, 0.4) is 0 Å². The number of hydrogen-bond donors (Lipinski definition) is 1. The second-order valence-corrected chi connectivity index (χ2v) is 5.81. The first kappa shape index (κ1) is 18.2. The number of benzene rings is 1. The highest BCUT2D eigenvalue weighted by atomic mass is 32.1. The summed E-state index contributed by atoms with van der Waals surface area (Å²) < 4.78 is 11.3. The SMILES string of the molecule is CCCOc1ccc(OCCCCCCCCCS)cc1. The van der Waals surface area contributed by atoms with Crippen LogP contribution in [0.4, 0.5) is 0 Å². The van der Waals surface area contributed by atoms with Crippen LogP contribution in [0.5, 0.6) is 11.5 Å². The minimum atomic E-state index is 0.772. The van der Waals surface area contributed by atoms with E-state index in [0.29, 0.717) is 0 Å². The molecule has 0 aliphatic carbocycles. The molecule has 0 N–H and O–H groups in total. The fourth-order valence-corrected chi connectivity index (χ4v) is 2.36. The Kier molecular flexibility index (Phi) is 11.2. The largest absolute Gasteiger partial charge is 0.494 e. The zero-order valence-corrected chi connectivity index (χ0v) is 14.2. The van der Waals surface area contributed by atoms with Crippen LogP contribution in [0.25, 0.3) is 0 Å². The Morgan fingerprint density at radius 2 is 1.19 bits per heavy atom. The summed E-state index contributed by atoms with van der Waals surface area (Å²) in [5.41, 5.74) is 0. The van der Waals surface area contributed by atoms with Crippen molar-refractivity contribution in [3.05, 3.63) is 24.3 Å². The molecule has 1 aromatic rings. The first-order chi connectivity index (χ1) is 10.4. The summed E-state index contributed by atoms with van der Waals surface area (Å²) in [5, 5.41) is 0. The molecular weight excluding hydrogens is 280 g/mol. The van der Waals surface area contributed by atoms with E-state index in [1.54, 1.807) is 0 Å². The van der Waals surface area contributed by atoms with Gasteiger partial charge in [0.05, 0.1) is 13.2 Å². The molecule has 0 bridgehead atoms. The summed E-state index contributed by atoms with van der Waals surface area (Å²) in [5.74, 6) is 2.88. The van der Waals surface area contributed by atoms with Crippen molar-refractivity contribution in [2.45, 2.75) is 58.3 Å². The van der Waals surface area contributed by atoms with E-state index in [-0.39, 0.29) is 0 Å². The maximum atomic E-state index is 5.74. The molecule has 0 aliphatic rings. The molecule has 3 heteroatoms. The Morgan fingerprint density at radius 3 is 1.71 bits per heavy atom. The molecular formula is C18H30O2S. The Morgan fingerprint density at radius 1 is 0.714 bits per heavy atom. The Hall–Kier alpha value is -0.830. The predicted octanol–water partition coefficient (Wildman–Crippen LogP) is 5.51. The number of hydrogen-bond acceptors (Lipinski definition) is 3. The van der Waals surface area contributed by atoms with E-state index in [2.05, 4.69) is 19.6 Å². The van der Waals surface area contributed by atoms with E-state index >= 15 is 0 Å². The Bertz CT molecular complexity index is 338. The maximum Gasteiger partial charge on any atom is 0.119 e. The lowest BCUT2D eigenvalue weighted by Gasteiger charge is -2.08. The van der Waals surface area contributed by atoms with Gasteiger partial charge in [0.2, 0.25) is 0 Å². The highest BCUT2D eigenvalue weighted by Gasteiger charge is 1.97. The highest BCUT2D eigenvalue weighted by molar-refractivity contribution is 7.80. The van der Waals surface area contributed by atoms with Crippen molar-refractivity contribution in [1.82, 2.24) is 0 Å². The van der Waals surface area contributed by atoms with Gasteiger partial charge in [-0.25, -0.2) is 0 Å². The van der Waals surface area contributed by atoms with E-state index in [9.17, 15) is 0 Å². The number of rotatable bonds is 13. The normalized spacial score (nSPS) is 10.6. The monoisotopic (exact) mass is 310 g/mol. The standard InChI is InChI=1S/C18H30O2S/c1-2-14-19-17-10-12-18(13-11-17)20-15-8-6-4-3-5-7-9-16-21/h10-13,21H,2-9,14-16H2,1H3. The van der Waals surface area contributed by atoms with Gasteiger partial charge in [-0.2, -0.15) is 12.6 Å². The van der Waals surface area contributed by atoms with Crippen molar-refractivity contribution in [1.29, 1.82) is 0 Å². The molecule has 0 aliphatic heterocycles. The average Bonchev–Trinajstić information content (AvgIpc) is 2.52. The van der Waals surface area contributed by atoms with Crippen LogP contribution in [-0.4, -0.2) is 19.0 Å². The lowest BCUT2D eigenvalue weighted by atomic mass is 10.1. The third kappa shape index (κ3) is 9.67. The van der Waals surface area contributed by atoms with Gasteiger partial charge in [-0.15, -0.1) is 0 Å². The second kappa shape index (κ2) is 12.9. The topological polar surface area (TPSA) is 18.5 Å². The summed E-state index contributed by atoms with van der Waals surface area (Å²) in [6, 6.07) is 7.93. The zero-order valence-electron chi connectivity index (χ0n) is 13.4. The maximum absolute atomic E-state index is 5.74. The zero-order chi connectivity index (χ0) is 15.2. The summed E-state index contributed by atoms with van der Waals surface area (Å²) in [4.78, 5) is 0. The minimum Gasteiger partial charge on any atom is -0.494 e. The van der Waals surface area contributed by atoms with Gasteiger partial charge in [-0.1, -0.05) is 39.0 Å². The minimum absolute atomic E-state index is 0.772. The molecule has 1 rings (SSSR count). The Labute approximate surface area is 135 Å². The first-order valence-electron chi connectivity index (χ1n) is 8.33. The van der Waals surface area contributed by atoms with Gasteiger partial charge in [-0.05, 0) is 49.3 Å². The summed E-state index contributed by atoms with van der Waals surface area (Å²) in [6.07, 6.45) is 10.0. The van der Waals surface area contributed by atoms with Crippen molar-refractivity contribution in [3.8, 4) is 11.5 Å². The van der Waals surface area contributed by atoms with E-state index in [1.807, 2.05) is 24.3 Å². The predicted molar refractivity (Wildman–Crippen MR) is 93.9 cm³/mol. The van der Waals surface area contributed by atoms with E-state index in [0.717, 1.165) is 43.3 Å². The van der Waals surface area contributed by atoms with Gasteiger partial charge in [0.1, 0.15) is 11.5 Å². The van der Waals surface area contributed by atoms with Crippen molar-refractivity contribution >= 4 is 12.6 Å². The van der Waals surface area contributed by atoms with Crippen LogP contribution in [0.15, 0.2) is 24.3 Å². The smallest absolute Gasteiger partial charge is 0.119 e. The van der Waals surface area contributed by atoms with Crippen LogP contribution < -0.4 is 9.47 Å². The van der Waals surface area contributed by atoms with Crippen LogP contribution >= 0.6 is 12.6 Å². The van der Waals surface area contributed by atoms with Crippen LogP contribution in [0, 0.1) is 0 Å². The van der Waals surface area contributed by atoms with Gasteiger partial charge in [0.25, 0.3) is 0 Å². The fourth-order valence-electron chi connectivity index (χ4n) is 2.14. The lowest BCUT2D eigenvalue weighted by Crippen LogP contribution is -1.98. The van der Waals surface area contributed by atoms with Crippen LogP contribution in [0.2, 0.25) is 0 Å². The van der Waals surface area contributed by atoms with Crippen molar-refractivity contribution in [2.24, 2.45) is 0 Å². The van der Waals surface area contributed by atoms with Crippen molar-refractivity contribution < 1.29 is 9.47 Å². The Balaban J connectivity index is 1.99. The molecule has 0 unspecified atom stereocenters. The third-order valence-electron chi connectivity index (χ3n) is 3.37. The molecule has 0 atom stereocenters. The van der Waals surface area contributed by atoms with Gasteiger partial charge < -0.3 is 9.47 Å². The molecule has 0 saturated heterocycles. The van der Waals surface area contributed by atoms with E-state index < -0.39 is 0 Å². The van der Waals surface area contributed by atoms with Gasteiger partial charge in [0, 0.05) is 0 Å². The average molecular weight is 311 g/mol. The number of thiol groups is 1. The summed E-state index contributed by atoms with van der Waals surface area (Å²) >= 11 is 4.22. The van der Waals surface area contributed by atoms with E-state index in [1.165, 1.54) is 38.5 Å². The summed E-state index contributed by atoms with van der Waals surface area (Å²) in [7, 11) is 0. The molecule has 0 fully saturated rings. The summed E-state index contributed by atoms with van der Waals surface area (Å²) in [6.45, 7) is 3.69. The quantitative estimate of drug-likeness (QED) is 0.382. The molecule has 0 heterocycles. The van der Waals surface area contributed by atoms with Gasteiger partial charge in [0.15, 0.2) is 0 Å². The van der Waals surface area contributed by atoms with Crippen molar-refractivity contribution in [3.63, 3.8) is 0 Å². The van der Waals surface area contributed by atoms with E-state index in [4.69, 9.17) is 9.47 Å². The van der Waals surface area contributed by atoms with Crippen LogP contribution in [-0.2, 0) is 0 Å². The second-order valence-electron chi connectivity index (χ2n) is 5.37.